The minimum absolute atomic E-state index is 0.0832. The number of hydrogen-bond acceptors (Lipinski definition) is 3. The monoisotopic (exact) mass is 225 g/mol. The van der Waals surface area contributed by atoms with Crippen molar-refractivity contribution in [3.8, 4) is 6.07 Å². The summed E-state index contributed by atoms with van der Waals surface area (Å²) in [6.07, 6.45) is 0. The van der Waals surface area contributed by atoms with Crippen LogP contribution in [-0.4, -0.2) is 12.6 Å². The number of carbonyl (C=O) groups excluding carboxylic acids is 1. The minimum Gasteiger partial charge on any atom is -0.465 e. The van der Waals surface area contributed by atoms with Crippen molar-refractivity contribution >= 4 is 5.97 Å². The van der Waals surface area contributed by atoms with Crippen molar-refractivity contribution in [2.75, 3.05) is 6.61 Å². The second-order valence-electron chi connectivity index (χ2n) is 2.99. The third-order valence-electron chi connectivity index (χ3n) is 1.93. The van der Waals surface area contributed by atoms with Crippen molar-refractivity contribution in [3.05, 3.63) is 35.4 Å². The Bertz CT molecular complexity index is 440. The van der Waals surface area contributed by atoms with Crippen LogP contribution < -0.4 is 0 Å². The van der Waals surface area contributed by atoms with Crippen LogP contribution in [0.4, 0.5) is 8.78 Å². The molecule has 0 saturated carbocycles. The predicted molar refractivity (Wildman–Crippen MR) is 51.3 cm³/mol. The van der Waals surface area contributed by atoms with E-state index < -0.39 is 23.5 Å². The molecule has 84 valence electrons. The van der Waals surface area contributed by atoms with Gasteiger partial charge in [0.05, 0.1) is 12.7 Å². The Morgan fingerprint density at radius 3 is 2.69 bits per heavy atom. The highest BCUT2D eigenvalue weighted by Crippen LogP contribution is 2.19. The first-order chi connectivity index (χ1) is 7.60. The zero-order valence-corrected chi connectivity index (χ0v) is 8.54. The quantitative estimate of drug-likeness (QED) is 0.740. The molecule has 0 N–H and O–H groups in total. The number of carbonyl (C=O) groups is 1. The summed E-state index contributed by atoms with van der Waals surface area (Å²) in [5, 5.41) is 8.77. The summed E-state index contributed by atoms with van der Waals surface area (Å²) in [5.74, 6) is -4.11. The van der Waals surface area contributed by atoms with Gasteiger partial charge >= 0.3 is 5.97 Å². The number of benzene rings is 1. The summed E-state index contributed by atoms with van der Waals surface area (Å²) in [4.78, 5) is 11.3. The normalized spacial score (nSPS) is 11.6. The molecule has 0 amide bonds. The zero-order chi connectivity index (χ0) is 12.1. The Morgan fingerprint density at radius 2 is 2.19 bits per heavy atom. The second kappa shape index (κ2) is 5.21. The van der Waals surface area contributed by atoms with Gasteiger partial charge in [-0.2, -0.15) is 5.26 Å². The van der Waals surface area contributed by atoms with Crippen molar-refractivity contribution in [1.82, 2.24) is 0 Å². The molecule has 0 bridgehead atoms. The molecule has 0 fully saturated rings. The van der Waals surface area contributed by atoms with Crippen molar-refractivity contribution in [1.29, 1.82) is 5.26 Å². The van der Waals surface area contributed by atoms with Gasteiger partial charge in [-0.05, 0) is 24.6 Å². The summed E-state index contributed by atoms with van der Waals surface area (Å²) < 4.78 is 30.2. The van der Waals surface area contributed by atoms with E-state index in [-0.39, 0.29) is 12.2 Å². The molecule has 0 aliphatic carbocycles. The Labute approximate surface area is 91.3 Å². The maximum absolute atomic E-state index is 12.9. The lowest BCUT2D eigenvalue weighted by molar-refractivity contribution is -0.143. The van der Waals surface area contributed by atoms with E-state index in [2.05, 4.69) is 4.74 Å². The van der Waals surface area contributed by atoms with Crippen LogP contribution in [0.25, 0.3) is 0 Å². The molecule has 0 radical (unpaired) electrons. The van der Waals surface area contributed by atoms with Crippen LogP contribution in [0.15, 0.2) is 18.2 Å². The first-order valence-electron chi connectivity index (χ1n) is 4.61. The van der Waals surface area contributed by atoms with Gasteiger partial charge in [0, 0.05) is 0 Å². The molecule has 16 heavy (non-hydrogen) atoms. The van der Waals surface area contributed by atoms with E-state index in [4.69, 9.17) is 5.26 Å². The topological polar surface area (TPSA) is 50.1 Å². The molecule has 3 nitrogen and oxygen atoms in total. The summed E-state index contributed by atoms with van der Waals surface area (Å²) >= 11 is 0. The van der Waals surface area contributed by atoms with Crippen molar-refractivity contribution in [3.63, 3.8) is 0 Å². The lowest BCUT2D eigenvalue weighted by Gasteiger charge is -2.08. The average Bonchev–Trinajstić information content (AvgIpc) is 2.25. The molecule has 0 aliphatic rings. The summed E-state index contributed by atoms with van der Waals surface area (Å²) in [6, 6.07) is 4.56. The summed E-state index contributed by atoms with van der Waals surface area (Å²) in [6.45, 7) is 1.72. The number of nitrogens with zero attached hydrogens (tertiary/aromatic N) is 1. The Balaban J connectivity index is 3.01. The number of ether oxygens (including phenoxy) is 1. The minimum atomic E-state index is -1.23. The molecule has 0 saturated heterocycles. The number of rotatable bonds is 3. The Hall–Kier alpha value is -1.96. The second-order valence-corrected chi connectivity index (χ2v) is 2.99. The van der Waals surface area contributed by atoms with Gasteiger partial charge in [-0.3, -0.25) is 4.79 Å². The van der Waals surface area contributed by atoms with Gasteiger partial charge in [0.1, 0.15) is 0 Å². The fraction of sp³-hybridized carbons (Fsp3) is 0.273. The van der Waals surface area contributed by atoms with E-state index in [1.807, 2.05) is 0 Å². The number of halogens is 2. The van der Waals surface area contributed by atoms with Gasteiger partial charge in [0.15, 0.2) is 17.6 Å². The van der Waals surface area contributed by atoms with E-state index in [1.165, 1.54) is 6.07 Å². The maximum atomic E-state index is 12.9. The van der Waals surface area contributed by atoms with E-state index in [0.29, 0.717) is 0 Å². The van der Waals surface area contributed by atoms with Crippen LogP contribution >= 0.6 is 0 Å². The largest absolute Gasteiger partial charge is 0.465 e. The standard InChI is InChI=1S/C11H9F2NO2/c1-2-16-11(15)8(6-14)7-3-4-9(12)10(13)5-7/h3-5,8H,2H2,1H3. The fourth-order valence-electron chi connectivity index (χ4n) is 1.18. The van der Waals surface area contributed by atoms with E-state index in [9.17, 15) is 13.6 Å². The lowest BCUT2D eigenvalue weighted by atomic mass is 10.0. The van der Waals surface area contributed by atoms with Gasteiger partial charge in [-0.25, -0.2) is 8.78 Å². The fourth-order valence-corrected chi connectivity index (χ4v) is 1.18. The molecular weight excluding hydrogens is 216 g/mol. The lowest BCUT2D eigenvalue weighted by Crippen LogP contribution is -2.14. The molecule has 1 rings (SSSR count). The smallest absolute Gasteiger partial charge is 0.327 e. The van der Waals surface area contributed by atoms with Crippen molar-refractivity contribution in [2.24, 2.45) is 0 Å². The third-order valence-corrected chi connectivity index (χ3v) is 1.93. The average molecular weight is 225 g/mol. The SMILES string of the molecule is CCOC(=O)C(C#N)c1ccc(F)c(F)c1. The van der Waals surface area contributed by atoms with Gasteiger partial charge < -0.3 is 4.74 Å². The third kappa shape index (κ3) is 2.54. The van der Waals surface area contributed by atoms with E-state index in [1.54, 1.807) is 13.0 Å². The van der Waals surface area contributed by atoms with E-state index in [0.717, 1.165) is 12.1 Å². The zero-order valence-electron chi connectivity index (χ0n) is 8.54. The van der Waals surface area contributed by atoms with Crippen molar-refractivity contribution < 1.29 is 18.3 Å². The maximum Gasteiger partial charge on any atom is 0.327 e. The number of nitriles is 1. The van der Waals surface area contributed by atoms with Gasteiger partial charge in [-0.1, -0.05) is 6.07 Å². The van der Waals surface area contributed by atoms with E-state index >= 15 is 0 Å². The molecule has 1 aromatic carbocycles. The summed E-state index contributed by atoms with van der Waals surface area (Å²) in [7, 11) is 0. The molecule has 0 aliphatic heterocycles. The highest BCUT2D eigenvalue weighted by molar-refractivity contribution is 5.81. The van der Waals surface area contributed by atoms with Gasteiger partial charge in [0.25, 0.3) is 0 Å². The first-order valence-corrected chi connectivity index (χ1v) is 4.61. The highest BCUT2D eigenvalue weighted by atomic mass is 19.2. The van der Waals surface area contributed by atoms with Gasteiger partial charge in [0.2, 0.25) is 0 Å². The molecule has 0 spiro atoms. The molecular formula is C11H9F2NO2. The molecule has 0 heterocycles. The molecule has 1 atom stereocenters. The van der Waals surface area contributed by atoms with Crippen LogP contribution in [-0.2, 0) is 9.53 Å². The highest BCUT2D eigenvalue weighted by Gasteiger charge is 2.22. The van der Waals surface area contributed by atoms with Crippen LogP contribution in [0.1, 0.15) is 18.4 Å². The number of esters is 1. The summed E-state index contributed by atoms with van der Waals surface area (Å²) in [5.41, 5.74) is 0.0832. The predicted octanol–water partition coefficient (Wildman–Crippen LogP) is 2.14. The molecule has 0 aromatic heterocycles. The molecule has 5 heteroatoms. The van der Waals surface area contributed by atoms with Crippen LogP contribution in [0.3, 0.4) is 0 Å². The first kappa shape index (κ1) is 12.1. The van der Waals surface area contributed by atoms with Crippen LogP contribution in [0, 0.1) is 23.0 Å². The van der Waals surface area contributed by atoms with Gasteiger partial charge in [-0.15, -0.1) is 0 Å². The number of hydrogen-bond donors (Lipinski definition) is 0. The van der Waals surface area contributed by atoms with Crippen molar-refractivity contribution in [2.45, 2.75) is 12.8 Å². The van der Waals surface area contributed by atoms with Crippen LogP contribution in [0.5, 0.6) is 0 Å². The Kier molecular flexibility index (Phi) is 3.95. The van der Waals surface area contributed by atoms with Crippen LogP contribution in [0.2, 0.25) is 0 Å². The molecule has 1 unspecified atom stereocenters. The Morgan fingerprint density at radius 1 is 1.50 bits per heavy atom. The molecule has 1 aromatic rings.